The lowest BCUT2D eigenvalue weighted by molar-refractivity contribution is 0.0521. The normalized spacial score (nSPS) is 10.2. The van der Waals surface area contributed by atoms with Crippen LogP contribution < -0.4 is 14.2 Å². The Morgan fingerprint density at radius 3 is 2.45 bits per heavy atom. The molecule has 0 aliphatic rings. The molecule has 0 atom stereocenters. The number of benzene rings is 1. The van der Waals surface area contributed by atoms with E-state index in [9.17, 15) is 4.79 Å². The van der Waals surface area contributed by atoms with Gasteiger partial charge in [0.05, 0.1) is 38.3 Å². The van der Waals surface area contributed by atoms with Gasteiger partial charge in [-0.25, -0.2) is 9.78 Å². The lowest BCUT2D eigenvalue weighted by Crippen LogP contribution is -2.06. The highest BCUT2D eigenvalue weighted by atomic mass is 32.1. The van der Waals surface area contributed by atoms with Crippen LogP contribution in [0.2, 0.25) is 0 Å². The van der Waals surface area contributed by atoms with Crippen LogP contribution in [0, 0.1) is 0 Å². The molecule has 0 spiro atoms. The molecule has 0 aliphatic heterocycles. The van der Waals surface area contributed by atoms with Crippen LogP contribution in [-0.2, 0) is 4.74 Å². The molecule has 0 radical (unpaired) electrons. The van der Waals surface area contributed by atoms with Gasteiger partial charge in [-0.15, -0.1) is 11.3 Å². The maximum Gasteiger partial charge on any atom is 0.358 e. The first kappa shape index (κ1) is 16.1. The van der Waals surface area contributed by atoms with Gasteiger partial charge in [0.2, 0.25) is 5.75 Å². The number of carbonyl (C=O) groups excluding carboxylic acids is 1. The molecule has 1 aromatic carbocycles. The molecule has 0 aliphatic carbocycles. The zero-order valence-corrected chi connectivity index (χ0v) is 13.7. The van der Waals surface area contributed by atoms with Crippen molar-refractivity contribution < 1.29 is 23.7 Å². The van der Waals surface area contributed by atoms with Gasteiger partial charge in [0, 0.05) is 5.56 Å². The van der Waals surface area contributed by atoms with Crippen molar-refractivity contribution in [2.24, 2.45) is 0 Å². The summed E-state index contributed by atoms with van der Waals surface area (Å²) in [5.74, 6) is 1.03. The Hall–Kier alpha value is -2.28. The molecular weight excluding hydrogens is 306 g/mol. The average Bonchev–Trinajstić information content (AvgIpc) is 3.02. The van der Waals surface area contributed by atoms with Crippen LogP contribution in [0.5, 0.6) is 17.2 Å². The van der Waals surface area contributed by atoms with Crippen LogP contribution in [0.4, 0.5) is 0 Å². The second-order valence-corrected chi connectivity index (χ2v) is 4.99. The van der Waals surface area contributed by atoms with Crippen molar-refractivity contribution in [1.29, 1.82) is 0 Å². The van der Waals surface area contributed by atoms with Gasteiger partial charge >= 0.3 is 5.97 Å². The maximum atomic E-state index is 12.0. The fourth-order valence-electron chi connectivity index (χ4n) is 2.06. The Labute approximate surface area is 132 Å². The van der Waals surface area contributed by atoms with E-state index in [2.05, 4.69) is 4.98 Å². The molecule has 0 N–H and O–H groups in total. The van der Waals surface area contributed by atoms with Crippen LogP contribution in [-0.4, -0.2) is 38.9 Å². The van der Waals surface area contributed by atoms with Gasteiger partial charge in [-0.1, -0.05) is 0 Å². The summed E-state index contributed by atoms with van der Waals surface area (Å²) >= 11 is 1.33. The molecule has 118 valence electrons. The number of methoxy groups -OCH3 is 3. The highest BCUT2D eigenvalue weighted by Crippen LogP contribution is 2.46. The monoisotopic (exact) mass is 323 g/mol. The highest BCUT2D eigenvalue weighted by molar-refractivity contribution is 7.13. The first-order valence-electron chi connectivity index (χ1n) is 6.57. The zero-order chi connectivity index (χ0) is 16.1. The SMILES string of the molecule is CCOC(=O)c1ncsc1-c1ccc(OC)c(OC)c1OC. The summed E-state index contributed by atoms with van der Waals surface area (Å²) < 4.78 is 21.1. The molecule has 2 aromatic rings. The molecule has 0 fully saturated rings. The summed E-state index contributed by atoms with van der Waals surface area (Å²) in [5.41, 5.74) is 2.56. The number of rotatable bonds is 6. The van der Waals surface area contributed by atoms with Crippen LogP contribution in [0.25, 0.3) is 10.4 Å². The third-order valence-electron chi connectivity index (χ3n) is 2.99. The van der Waals surface area contributed by atoms with Crippen LogP contribution in [0.3, 0.4) is 0 Å². The van der Waals surface area contributed by atoms with E-state index in [0.29, 0.717) is 34.3 Å². The molecule has 0 unspecified atom stereocenters. The van der Waals surface area contributed by atoms with Crippen molar-refractivity contribution in [3.8, 4) is 27.7 Å². The summed E-state index contributed by atoms with van der Waals surface area (Å²) in [5, 5.41) is 0. The van der Waals surface area contributed by atoms with E-state index in [4.69, 9.17) is 18.9 Å². The van der Waals surface area contributed by atoms with Crippen molar-refractivity contribution in [3.63, 3.8) is 0 Å². The van der Waals surface area contributed by atoms with Crippen LogP contribution in [0.1, 0.15) is 17.4 Å². The molecular formula is C15H17NO5S. The lowest BCUT2D eigenvalue weighted by Gasteiger charge is -2.15. The number of nitrogens with zero attached hydrogens (tertiary/aromatic N) is 1. The Morgan fingerprint density at radius 1 is 1.14 bits per heavy atom. The predicted octanol–water partition coefficient (Wildman–Crippen LogP) is 3.01. The molecule has 0 amide bonds. The van der Waals surface area contributed by atoms with E-state index in [1.807, 2.05) is 0 Å². The molecule has 2 rings (SSSR count). The Balaban J connectivity index is 2.59. The lowest BCUT2D eigenvalue weighted by atomic mass is 10.1. The second-order valence-electron chi connectivity index (χ2n) is 4.13. The van der Waals surface area contributed by atoms with E-state index in [0.717, 1.165) is 0 Å². The van der Waals surface area contributed by atoms with Gasteiger partial charge in [0.1, 0.15) is 0 Å². The Morgan fingerprint density at radius 2 is 1.86 bits per heavy atom. The van der Waals surface area contributed by atoms with Crippen molar-refractivity contribution >= 4 is 17.3 Å². The largest absolute Gasteiger partial charge is 0.493 e. The molecule has 1 aromatic heterocycles. The molecule has 6 nitrogen and oxygen atoms in total. The van der Waals surface area contributed by atoms with Crippen molar-refractivity contribution in [2.75, 3.05) is 27.9 Å². The summed E-state index contributed by atoms with van der Waals surface area (Å²) in [6, 6.07) is 3.56. The van der Waals surface area contributed by atoms with Gasteiger partial charge in [0.25, 0.3) is 0 Å². The molecule has 0 bridgehead atoms. The maximum absolute atomic E-state index is 12.0. The Bertz CT molecular complexity index is 668. The highest BCUT2D eigenvalue weighted by Gasteiger charge is 2.23. The third-order valence-corrected chi connectivity index (χ3v) is 3.84. The minimum Gasteiger partial charge on any atom is -0.493 e. The van der Waals surface area contributed by atoms with E-state index in [1.54, 1.807) is 31.7 Å². The number of esters is 1. The number of hydrogen-bond acceptors (Lipinski definition) is 7. The number of aromatic nitrogens is 1. The Kier molecular flexibility index (Phi) is 5.21. The van der Waals surface area contributed by atoms with Crippen molar-refractivity contribution in [3.05, 3.63) is 23.3 Å². The van der Waals surface area contributed by atoms with E-state index >= 15 is 0 Å². The minimum absolute atomic E-state index is 0.261. The summed E-state index contributed by atoms with van der Waals surface area (Å²) in [6.45, 7) is 2.04. The number of thiazole rings is 1. The quantitative estimate of drug-likeness (QED) is 0.761. The number of carbonyl (C=O) groups is 1. The van der Waals surface area contributed by atoms with E-state index < -0.39 is 5.97 Å². The van der Waals surface area contributed by atoms with E-state index in [-0.39, 0.29) is 5.69 Å². The van der Waals surface area contributed by atoms with Gasteiger partial charge in [-0.05, 0) is 19.1 Å². The summed E-state index contributed by atoms with van der Waals surface area (Å²) in [6.07, 6.45) is 0. The number of hydrogen-bond donors (Lipinski definition) is 0. The van der Waals surface area contributed by atoms with E-state index in [1.165, 1.54) is 25.6 Å². The van der Waals surface area contributed by atoms with Gasteiger partial charge in [0.15, 0.2) is 17.2 Å². The minimum atomic E-state index is -0.462. The molecule has 7 heteroatoms. The first-order chi connectivity index (χ1) is 10.7. The third kappa shape index (κ3) is 2.85. The predicted molar refractivity (Wildman–Crippen MR) is 83.2 cm³/mol. The topological polar surface area (TPSA) is 66.9 Å². The van der Waals surface area contributed by atoms with Crippen LogP contribution in [0.15, 0.2) is 17.6 Å². The number of ether oxygens (including phenoxy) is 4. The standard InChI is InChI=1S/C15H17NO5S/c1-5-21-15(17)11-14(22-8-16-11)9-6-7-10(18-2)13(20-4)12(9)19-3/h6-8H,5H2,1-4H3. The zero-order valence-electron chi connectivity index (χ0n) is 12.8. The molecule has 22 heavy (non-hydrogen) atoms. The molecule has 0 saturated heterocycles. The van der Waals surface area contributed by atoms with Gasteiger partial charge in [-0.2, -0.15) is 0 Å². The van der Waals surface area contributed by atoms with Gasteiger partial charge in [-0.3, -0.25) is 0 Å². The smallest absolute Gasteiger partial charge is 0.358 e. The van der Waals surface area contributed by atoms with Crippen molar-refractivity contribution in [2.45, 2.75) is 6.92 Å². The second kappa shape index (κ2) is 7.13. The summed E-state index contributed by atoms with van der Waals surface area (Å²) in [7, 11) is 4.61. The van der Waals surface area contributed by atoms with Gasteiger partial charge < -0.3 is 18.9 Å². The summed E-state index contributed by atoms with van der Waals surface area (Å²) in [4.78, 5) is 16.8. The van der Waals surface area contributed by atoms with Crippen molar-refractivity contribution in [1.82, 2.24) is 4.98 Å². The molecule has 0 saturated carbocycles. The average molecular weight is 323 g/mol. The fourth-order valence-corrected chi connectivity index (χ4v) is 2.86. The van der Waals surface area contributed by atoms with Crippen LogP contribution >= 0.6 is 11.3 Å². The fraction of sp³-hybridized carbons (Fsp3) is 0.333. The first-order valence-corrected chi connectivity index (χ1v) is 7.45. The molecule has 1 heterocycles.